The van der Waals surface area contributed by atoms with Crippen molar-refractivity contribution in [3.05, 3.63) is 84.3 Å². The summed E-state index contributed by atoms with van der Waals surface area (Å²) in [5.41, 5.74) is 1.70. The zero-order chi connectivity index (χ0) is 14.0. The number of allylic oxidation sites excluding steroid dienone is 9. The van der Waals surface area contributed by atoms with Gasteiger partial charge in [0.05, 0.1) is 0 Å². The van der Waals surface area contributed by atoms with Crippen LogP contribution in [0.1, 0.15) is 18.4 Å². The first kappa shape index (κ1) is 17.1. The van der Waals surface area contributed by atoms with Gasteiger partial charge in [-0.05, 0) is 23.8 Å². The quantitative estimate of drug-likeness (QED) is 0.484. The van der Waals surface area contributed by atoms with Gasteiger partial charge in [0.2, 0.25) is 0 Å². The van der Waals surface area contributed by atoms with Crippen LogP contribution < -0.4 is 0 Å². The smallest absolute Gasteiger partial charge is 0.311 e. The van der Waals surface area contributed by atoms with Gasteiger partial charge in [-0.25, -0.2) is 18.2 Å². The van der Waals surface area contributed by atoms with E-state index in [1.54, 1.807) is 30.6 Å². The molecule has 3 heteroatoms. The minimum Gasteiger partial charge on any atom is -0.311 e. The fourth-order valence-electron chi connectivity index (χ4n) is 1.65. The summed E-state index contributed by atoms with van der Waals surface area (Å²) in [7, 11) is 0. The molecule has 0 N–H and O–H groups in total. The SMILES string of the molecule is O=C(/C=C/c1ccncc1)C1=CC[C-]=C1.[C-]1=CC=CC1.[Fe+2]. The van der Waals surface area contributed by atoms with Gasteiger partial charge in [0, 0.05) is 12.4 Å². The van der Waals surface area contributed by atoms with Crippen molar-refractivity contribution in [2.75, 3.05) is 0 Å². The molecule has 2 nitrogen and oxygen atoms in total. The Labute approximate surface area is 136 Å². The van der Waals surface area contributed by atoms with E-state index in [0.717, 1.165) is 24.0 Å². The van der Waals surface area contributed by atoms with Gasteiger partial charge >= 0.3 is 17.1 Å². The minimum absolute atomic E-state index is 0. The van der Waals surface area contributed by atoms with Gasteiger partial charge in [-0.2, -0.15) is 12.2 Å². The molecule has 1 heterocycles. The summed E-state index contributed by atoms with van der Waals surface area (Å²) in [6.07, 6.45) is 24.1. The normalized spacial score (nSPS) is 14.6. The second kappa shape index (κ2) is 9.87. The maximum atomic E-state index is 11.6. The third kappa shape index (κ3) is 6.35. The summed E-state index contributed by atoms with van der Waals surface area (Å²) in [5, 5.41) is 0. The van der Waals surface area contributed by atoms with Crippen molar-refractivity contribution in [2.24, 2.45) is 0 Å². The Morgan fingerprint density at radius 1 is 1.19 bits per heavy atom. The third-order valence-corrected chi connectivity index (χ3v) is 2.70. The van der Waals surface area contributed by atoms with E-state index >= 15 is 0 Å². The van der Waals surface area contributed by atoms with Crippen LogP contribution in [0.5, 0.6) is 0 Å². The molecule has 21 heavy (non-hydrogen) atoms. The number of aromatic nitrogens is 1. The van der Waals surface area contributed by atoms with Gasteiger partial charge < -0.3 is 4.79 Å². The number of hydrogen-bond acceptors (Lipinski definition) is 2. The molecule has 0 saturated heterocycles. The van der Waals surface area contributed by atoms with Crippen LogP contribution in [0.4, 0.5) is 0 Å². The zero-order valence-electron chi connectivity index (χ0n) is 11.5. The van der Waals surface area contributed by atoms with Crippen molar-refractivity contribution in [3.8, 4) is 0 Å². The molecule has 0 aromatic carbocycles. The molecule has 0 saturated carbocycles. The van der Waals surface area contributed by atoms with Gasteiger partial charge in [0.1, 0.15) is 5.78 Å². The van der Waals surface area contributed by atoms with Gasteiger partial charge in [-0.1, -0.05) is 6.08 Å². The van der Waals surface area contributed by atoms with Gasteiger partial charge in [-0.3, -0.25) is 17.1 Å². The molecular formula is C18H15FeNO. The van der Waals surface area contributed by atoms with Gasteiger partial charge in [-0.15, -0.1) is 18.4 Å². The first-order chi connectivity index (χ1) is 9.86. The first-order valence-electron chi connectivity index (χ1n) is 6.47. The Morgan fingerprint density at radius 3 is 2.52 bits per heavy atom. The summed E-state index contributed by atoms with van der Waals surface area (Å²) in [6, 6.07) is 3.71. The second-order valence-electron chi connectivity index (χ2n) is 4.19. The number of carbonyl (C=O) groups excluding carboxylic acids is 1. The van der Waals surface area contributed by atoms with Crippen LogP contribution in [0, 0.1) is 12.2 Å². The molecule has 0 bridgehead atoms. The first-order valence-corrected chi connectivity index (χ1v) is 6.47. The maximum Gasteiger partial charge on any atom is 2.00 e. The average molecular weight is 317 g/mol. The van der Waals surface area contributed by atoms with Gasteiger partial charge in [0.25, 0.3) is 0 Å². The molecule has 0 atom stereocenters. The second-order valence-corrected chi connectivity index (χ2v) is 4.19. The molecule has 0 aliphatic heterocycles. The largest absolute Gasteiger partial charge is 2.00 e. The molecule has 0 radical (unpaired) electrons. The Bertz CT molecular complexity index is 585. The topological polar surface area (TPSA) is 30.0 Å². The fraction of sp³-hybridized carbons (Fsp3) is 0.111. The van der Waals surface area contributed by atoms with Crippen LogP contribution in [-0.4, -0.2) is 10.8 Å². The van der Waals surface area contributed by atoms with E-state index < -0.39 is 0 Å². The van der Waals surface area contributed by atoms with E-state index in [1.165, 1.54) is 0 Å². The van der Waals surface area contributed by atoms with E-state index in [2.05, 4.69) is 23.2 Å². The fourth-order valence-corrected chi connectivity index (χ4v) is 1.65. The van der Waals surface area contributed by atoms with Crippen LogP contribution in [-0.2, 0) is 21.9 Å². The number of ketones is 1. The van der Waals surface area contributed by atoms with E-state index in [1.807, 2.05) is 30.4 Å². The number of hydrogen-bond donors (Lipinski definition) is 0. The van der Waals surface area contributed by atoms with E-state index in [9.17, 15) is 4.79 Å². The van der Waals surface area contributed by atoms with Crippen LogP contribution in [0.3, 0.4) is 0 Å². The summed E-state index contributed by atoms with van der Waals surface area (Å²) in [5.74, 6) is 0.0248. The molecule has 0 spiro atoms. The van der Waals surface area contributed by atoms with Gasteiger partial charge in [0.15, 0.2) is 0 Å². The van der Waals surface area contributed by atoms with E-state index in [-0.39, 0.29) is 22.9 Å². The summed E-state index contributed by atoms with van der Waals surface area (Å²) < 4.78 is 0. The van der Waals surface area contributed by atoms with Crippen molar-refractivity contribution in [2.45, 2.75) is 12.8 Å². The molecule has 1 aromatic rings. The van der Waals surface area contributed by atoms with E-state index in [0.29, 0.717) is 0 Å². The standard InChI is InChI=1S/C13H10NO.C5H5.Fe/c15-13(12-3-1-2-4-12)6-5-11-7-9-14-10-8-11;1-2-4-5-3-1;/h3-10H,1H2;1-3H,4H2;/q2*-1;+2/b6-5+;;. The van der Waals surface area contributed by atoms with Crippen LogP contribution in [0.25, 0.3) is 6.08 Å². The minimum atomic E-state index is 0. The van der Waals surface area contributed by atoms with Crippen molar-refractivity contribution >= 4 is 11.9 Å². The van der Waals surface area contributed by atoms with Crippen molar-refractivity contribution in [1.29, 1.82) is 0 Å². The molecule has 2 aliphatic carbocycles. The molecule has 0 unspecified atom stereocenters. The van der Waals surface area contributed by atoms with Crippen molar-refractivity contribution in [1.82, 2.24) is 4.98 Å². The maximum absolute atomic E-state index is 11.6. The Morgan fingerprint density at radius 2 is 2.00 bits per heavy atom. The molecule has 1 aromatic heterocycles. The van der Waals surface area contributed by atoms with Crippen molar-refractivity contribution in [3.63, 3.8) is 0 Å². The zero-order valence-corrected chi connectivity index (χ0v) is 12.6. The Kier molecular flexibility index (Phi) is 8.03. The third-order valence-electron chi connectivity index (χ3n) is 2.70. The van der Waals surface area contributed by atoms with Crippen LogP contribution in [0.15, 0.2) is 66.6 Å². The molecule has 3 rings (SSSR count). The molecule has 0 fully saturated rings. The van der Waals surface area contributed by atoms with Crippen molar-refractivity contribution < 1.29 is 21.9 Å². The predicted molar refractivity (Wildman–Crippen MR) is 80.4 cm³/mol. The summed E-state index contributed by atoms with van der Waals surface area (Å²) in [4.78, 5) is 15.5. The van der Waals surface area contributed by atoms with E-state index in [4.69, 9.17) is 0 Å². The monoisotopic (exact) mass is 317 g/mol. The number of pyridine rings is 1. The van der Waals surface area contributed by atoms with Crippen LogP contribution in [0.2, 0.25) is 0 Å². The Hall–Kier alpha value is -1.96. The molecule has 0 amide bonds. The average Bonchev–Trinajstić information content (AvgIpc) is 3.20. The molecule has 2 aliphatic rings. The molecule has 106 valence electrons. The number of nitrogens with zero attached hydrogens (tertiary/aromatic N) is 1. The number of carbonyl (C=O) groups is 1. The Balaban J connectivity index is 0.000000313. The summed E-state index contributed by atoms with van der Waals surface area (Å²) >= 11 is 0. The number of rotatable bonds is 3. The molecular weight excluding hydrogens is 302 g/mol. The summed E-state index contributed by atoms with van der Waals surface area (Å²) in [6.45, 7) is 0. The predicted octanol–water partition coefficient (Wildman–Crippen LogP) is 3.66. The van der Waals surface area contributed by atoms with Crippen LogP contribution >= 0.6 is 0 Å².